The first-order valence-corrected chi connectivity index (χ1v) is 7.61. The highest BCUT2D eigenvalue weighted by Crippen LogP contribution is 2.16. The average Bonchev–Trinajstić information content (AvgIpc) is 3.01. The Morgan fingerprint density at radius 2 is 1.92 bits per heavy atom. The molecule has 1 heterocycles. The number of hydrogen-bond donors (Lipinski definition) is 0. The molecule has 3 aromatic rings. The number of ether oxygens (including phenoxy) is 2. The van der Waals surface area contributed by atoms with Crippen LogP contribution in [0.5, 0.6) is 5.75 Å². The maximum Gasteiger partial charge on any atom is 0.331 e. The zero-order valence-corrected chi connectivity index (χ0v) is 13.3. The summed E-state index contributed by atoms with van der Waals surface area (Å²) in [6, 6.07) is 15.1. The van der Waals surface area contributed by atoms with Crippen LogP contribution in [0.15, 0.2) is 59.0 Å². The molecule has 0 unspecified atom stereocenters. The van der Waals surface area contributed by atoms with E-state index in [1.165, 1.54) is 12.2 Å². The lowest BCUT2D eigenvalue weighted by atomic mass is 10.2. The Hall–Kier alpha value is -3.08. The number of esters is 1. The van der Waals surface area contributed by atoms with Crippen molar-refractivity contribution in [2.75, 3.05) is 13.2 Å². The summed E-state index contributed by atoms with van der Waals surface area (Å²) in [6.45, 7) is 2.43. The highest BCUT2D eigenvalue weighted by atomic mass is 16.6. The van der Waals surface area contributed by atoms with Gasteiger partial charge in [-0.05, 0) is 30.7 Å². The quantitative estimate of drug-likeness (QED) is 0.392. The summed E-state index contributed by atoms with van der Waals surface area (Å²) in [4.78, 5) is 15.9. The fourth-order valence-electron chi connectivity index (χ4n) is 2.16. The minimum absolute atomic E-state index is 0.172. The van der Waals surface area contributed by atoms with Gasteiger partial charge in [0.2, 0.25) is 5.89 Å². The van der Waals surface area contributed by atoms with E-state index < -0.39 is 5.97 Å². The standard InChI is InChI=1S/C19H17NO4/c1-14-6-2-4-8-16(14)22-12-13-23-19(21)11-10-18-20-15-7-3-5-9-17(15)24-18/h2-11H,12-13H2,1H3/b11-10+. The molecule has 2 aromatic carbocycles. The van der Waals surface area contributed by atoms with Gasteiger partial charge in [-0.1, -0.05) is 30.3 Å². The lowest BCUT2D eigenvalue weighted by Crippen LogP contribution is -2.10. The van der Waals surface area contributed by atoms with E-state index in [-0.39, 0.29) is 6.61 Å². The number of aryl methyl sites for hydroxylation is 1. The minimum Gasteiger partial charge on any atom is -0.490 e. The Bertz CT molecular complexity index is 833. The van der Waals surface area contributed by atoms with Crippen molar-refractivity contribution in [1.29, 1.82) is 0 Å². The highest BCUT2D eigenvalue weighted by molar-refractivity contribution is 5.86. The van der Waals surface area contributed by atoms with Crippen molar-refractivity contribution < 1.29 is 18.7 Å². The van der Waals surface area contributed by atoms with E-state index in [4.69, 9.17) is 13.9 Å². The molecule has 24 heavy (non-hydrogen) atoms. The molecule has 0 N–H and O–H groups in total. The topological polar surface area (TPSA) is 61.6 Å². The monoisotopic (exact) mass is 323 g/mol. The van der Waals surface area contributed by atoms with Crippen LogP contribution >= 0.6 is 0 Å². The summed E-state index contributed by atoms with van der Waals surface area (Å²) in [5.74, 6) is 0.686. The lowest BCUT2D eigenvalue weighted by molar-refractivity contribution is -0.138. The predicted octanol–water partition coefficient (Wildman–Crippen LogP) is 3.77. The molecule has 122 valence electrons. The number of hydrogen-bond acceptors (Lipinski definition) is 5. The number of fused-ring (bicyclic) bond motifs is 1. The van der Waals surface area contributed by atoms with Gasteiger partial charge in [-0.2, -0.15) is 0 Å². The van der Waals surface area contributed by atoms with Crippen LogP contribution in [0.25, 0.3) is 17.2 Å². The van der Waals surface area contributed by atoms with Crippen molar-refractivity contribution in [2.45, 2.75) is 6.92 Å². The van der Waals surface area contributed by atoms with Gasteiger partial charge in [0.15, 0.2) is 5.58 Å². The fraction of sp³-hybridized carbons (Fsp3) is 0.158. The maximum absolute atomic E-state index is 11.7. The number of carbonyl (C=O) groups excluding carboxylic acids is 1. The Labute approximate surface area is 139 Å². The molecule has 5 nitrogen and oxygen atoms in total. The van der Waals surface area contributed by atoms with Gasteiger partial charge < -0.3 is 13.9 Å². The SMILES string of the molecule is Cc1ccccc1OCCOC(=O)/C=C/c1nc2ccccc2o1. The van der Waals surface area contributed by atoms with E-state index in [2.05, 4.69) is 4.98 Å². The summed E-state index contributed by atoms with van der Waals surface area (Å²) < 4.78 is 16.1. The molecule has 0 saturated heterocycles. The van der Waals surface area contributed by atoms with Crippen LogP contribution in [0.3, 0.4) is 0 Å². The van der Waals surface area contributed by atoms with Gasteiger partial charge in [0.05, 0.1) is 0 Å². The van der Waals surface area contributed by atoms with E-state index >= 15 is 0 Å². The molecule has 5 heteroatoms. The molecular weight excluding hydrogens is 306 g/mol. The van der Waals surface area contributed by atoms with Gasteiger partial charge in [-0.25, -0.2) is 9.78 Å². The predicted molar refractivity (Wildman–Crippen MR) is 90.7 cm³/mol. The van der Waals surface area contributed by atoms with Crippen LogP contribution in [0.2, 0.25) is 0 Å². The summed E-state index contributed by atoms with van der Waals surface area (Å²) in [7, 11) is 0. The van der Waals surface area contributed by atoms with Gasteiger partial charge in [0, 0.05) is 12.2 Å². The second kappa shape index (κ2) is 7.46. The summed E-state index contributed by atoms with van der Waals surface area (Å²) in [5.41, 5.74) is 2.47. The number of para-hydroxylation sites is 3. The van der Waals surface area contributed by atoms with E-state index in [0.29, 0.717) is 18.1 Å². The molecule has 0 aliphatic heterocycles. The molecule has 0 saturated carbocycles. The van der Waals surface area contributed by atoms with E-state index in [0.717, 1.165) is 16.8 Å². The number of aromatic nitrogens is 1. The Morgan fingerprint density at radius 3 is 2.75 bits per heavy atom. The van der Waals surface area contributed by atoms with Crippen LogP contribution in [0.4, 0.5) is 0 Å². The van der Waals surface area contributed by atoms with Gasteiger partial charge in [-0.15, -0.1) is 0 Å². The molecule has 0 amide bonds. The molecule has 0 fully saturated rings. The van der Waals surface area contributed by atoms with E-state index in [1.54, 1.807) is 0 Å². The normalized spacial score (nSPS) is 11.0. The van der Waals surface area contributed by atoms with Gasteiger partial charge in [-0.3, -0.25) is 0 Å². The Balaban J connectivity index is 1.46. The Kier molecular flexibility index (Phi) is 4.91. The van der Waals surface area contributed by atoms with Crippen molar-refractivity contribution in [3.05, 3.63) is 66.1 Å². The van der Waals surface area contributed by atoms with E-state index in [1.807, 2.05) is 55.5 Å². The van der Waals surface area contributed by atoms with E-state index in [9.17, 15) is 4.79 Å². The number of rotatable bonds is 6. The third-order valence-electron chi connectivity index (χ3n) is 3.35. The number of carbonyl (C=O) groups is 1. The lowest BCUT2D eigenvalue weighted by Gasteiger charge is -2.08. The average molecular weight is 323 g/mol. The summed E-state index contributed by atoms with van der Waals surface area (Å²) >= 11 is 0. The second-order valence-corrected chi connectivity index (χ2v) is 5.13. The second-order valence-electron chi connectivity index (χ2n) is 5.13. The smallest absolute Gasteiger partial charge is 0.331 e. The molecule has 0 aliphatic rings. The number of oxazole rings is 1. The van der Waals surface area contributed by atoms with Crippen LogP contribution in [0.1, 0.15) is 11.5 Å². The van der Waals surface area contributed by atoms with Crippen molar-refractivity contribution in [2.24, 2.45) is 0 Å². The number of nitrogens with zero attached hydrogens (tertiary/aromatic N) is 1. The molecule has 0 aliphatic carbocycles. The van der Waals surface area contributed by atoms with Crippen LogP contribution in [0, 0.1) is 6.92 Å². The summed E-state index contributed by atoms with van der Waals surface area (Å²) in [6.07, 6.45) is 2.78. The largest absolute Gasteiger partial charge is 0.490 e. The zero-order valence-electron chi connectivity index (χ0n) is 13.3. The van der Waals surface area contributed by atoms with Crippen LogP contribution < -0.4 is 4.74 Å². The molecule has 1 aromatic heterocycles. The third-order valence-corrected chi connectivity index (χ3v) is 3.35. The zero-order chi connectivity index (χ0) is 16.8. The minimum atomic E-state index is -0.467. The first-order chi connectivity index (χ1) is 11.7. The van der Waals surface area contributed by atoms with Gasteiger partial charge >= 0.3 is 5.97 Å². The third kappa shape index (κ3) is 4.01. The molecular formula is C19H17NO4. The van der Waals surface area contributed by atoms with Crippen molar-refractivity contribution in [1.82, 2.24) is 4.98 Å². The first kappa shape index (κ1) is 15.8. The maximum atomic E-state index is 11.7. The first-order valence-electron chi connectivity index (χ1n) is 7.61. The van der Waals surface area contributed by atoms with Gasteiger partial charge in [0.1, 0.15) is 24.5 Å². The molecule has 0 spiro atoms. The molecule has 3 rings (SSSR count). The molecule has 0 atom stereocenters. The van der Waals surface area contributed by atoms with Crippen molar-refractivity contribution in [3.63, 3.8) is 0 Å². The molecule has 0 bridgehead atoms. The Morgan fingerprint density at radius 1 is 1.12 bits per heavy atom. The van der Waals surface area contributed by atoms with Gasteiger partial charge in [0.25, 0.3) is 0 Å². The van der Waals surface area contributed by atoms with Crippen LogP contribution in [-0.2, 0) is 9.53 Å². The van der Waals surface area contributed by atoms with Crippen molar-refractivity contribution >= 4 is 23.1 Å². The summed E-state index contributed by atoms with van der Waals surface area (Å²) in [5, 5.41) is 0. The number of benzene rings is 2. The molecule has 0 radical (unpaired) electrons. The fourth-order valence-corrected chi connectivity index (χ4v) is 2.16. The van der Waals surface area contributed by atoms with Crippen molar-refractivity contribution in [3.8, 4) is 5.75 Å². The van der Waals surface area contributed by atoms with Crippen LogP contribution in [-0.4, -0.2) is 24.2 Å². The highest BCUT2D eigenvalue weighted by Gasteiger charge is 2.03.